The minimum absolute atomic E-state index is 0.166. The monoisotopic (exact) mass is 248 g/mol. The maximum atomic E-state index is 5.24. The lowest BCUT2D eigenvalue weighted by Gasteiger charge is -2.06. The van der Waals surface area contributed by atoms with Crippen LogP contribution >= 0.6 is 0 Å². The summed E-state index contributed by atoms with van der Waals surface area (Å²) < 4.78 is 4.92. The van der Waals surface area contributed by atoms with Gasteiger partial charge in [-0.05, 0) is 12.1 Å². The van der Waals surface area contributed by atoms with Crippen LogP contribution in [0.3, 0.4) is 0 Å². The van der Waals surface area contributed by atoms with Gasteiger partial charge in [-0.3, -0.25) is 5.43 Å². The van der Waals surface area contributed by atoms with Crippen LogP contribution in [0.2, 0.25) is 0 Å². The Morgan fingerprint density at radius 1 is 1.28 bits per heavy atom. The molecule has 0 fully saturated rings. The number of nitrogens with one attached hydrogen (secondary N) is 2. The lowest BCUT2D eigenvalue weighted by Crippen LogP contribution is -2.14. The van der Waals surface area contributed by atoms with Crippen molar-refractivity contribution in [2.24, 2.45) is 5.84 Å². The van der Waals surface area contributed by atoms with Gasteiger partial charge in [0.05, 0.1) is 19.3 Å². The molecular weight excluding hydrogens is 236 g/mol. The SMILES string of the molecule is COc1nc(NN)nc(NCc2cccnn2)n1. The minimum atomic E-state index is 0.166. The molecule has 0 saturated heterocycles. The number of nitrogen functional groups attached to an aromatic ring is 1. The van der Waals surface area contributed by atoms with Gasteiger partial charge in [0.25, 0.3) is 0 Å². The fourth-order valence-corrected chi connectivity index (χ4v) is 1.19. The Balaban J connectivity index is 2.09. The number of aromatic nitrogens is 5. The normalized spacial score (nSPS) is 9.89. The zero-order valence-electron chi connectivity index (χ0n) is 9.66. The molecule has 4 N–H and O–H groups in total. The fourth-order valence-electron chi connectivity index (χ4n) is 1.19. The molecule has 9 heteroatoms. The molecule has 9 nitrogen and oxygen atoms in total. The van der Waals surface area contributed by atoms with Crippen LogP contribution < -0.4 is 21.3 Å². The number of rotatable bonds is 5. The van der Waals surface area contributed by atoms with Crippen molar-refractivity contribution in [1.29, 1.82) is 0 Å². The Morgan fingerprint density at radius 2 is 2.11 bits per heavy atom. The predicted molar refractivity (Wildman–Crippen MR) is 63.5 cm³/mol. The molecule has 0 unspecified atom stereocenters. The number of anilines is 2. The summed E-state index contributed by atoms with van der Waals surface area (Å²) in [5.41, 5.74) is 3.09. The molecule has 0 aliphatic carbocycles. The Morgan fingerprint density at radius 3 is 2.78 bits per heavy atom. The van der Waals surface area contributed by atoms with E-state index in [-0.39, 0.29) is 12.0 Å². The van der Waals surface area contributed by atoms with E-state index in [4.69, 9.17) is 10.6 Å². The average molecular weight is 248 g/mol. The van der Waals surface area contributed by atoms with E-state index in [0.29, 0.717) is 12.5 Å². The zero-order valence-corrected chi connectivity index (χ0v) is 9.66. The van der Waals surface area contributed by atoms with Gasteiger partial charge in [-0.15, -0.1) is 0 Å². The molecule has 0 aliphatic heterocycles. The predicted octanol–water partition coefficient (Wildman–Crippen LogP) is -0.432. The van der Waals surface area contributed by atoms with E-state index in [0.717, 1.165) is 5.69 Å². The summed E-state index contributed by atoms with van der Waals surface area (Å²) in [6.07, 6.45) is 1.60. The van der Waals surface area contributed by atoms with E-state index in [1.54, 1.807) is 12.3 Å². The Labute approximate surface area is 103 Å². The number of ether oxygens (including phenoxy) is 1. The lowest BCUT2D eigenvalue weighted by atomic mass is 10.4. The first-order chi connectivity index (χ1) is 8.81. The van der Waals surface area contributed by atoms with Gasteiger partial charge in [0, 0.05) is 6.20 Å². The van der Waals surface area contributed by atoms with Crippen molar-refractivity contribution in [3.63, 3.8) is 0 Å². The van der Waals surface area contributed by atoms with Gasteiger partial charge >= 0.3 is 6.01 Å². The van der Waals surface area contributed by atoms with Crippen LogP contribution in [-0.2, 0) is 6.54 Å². The van der Waals surface area contributed by atoms with E-state index in [9.17, 15) is 0 Å². The fraction of sp³-hybridized carbons (Fsp3) is 0.222. The number of hydrazine groups is 1. The molecule has 0 saturated carbocycles. The van der Waals surface area contributed by atoms with Gasteiger partial charge in [-0.1, -0.05) is 0 Å². The first-order valence-corrected chi connectivity index (χ1v) is 5.09. The smallest absolute Gasteiger partial charge is 0.322 e. The molecule has 2 rings (SSSR count). The van der Waals surface area contributed by atoms with E-state index < -0.39 is 0 Å². The molecule has 2 aromatic heterocycles. The molecule has 0 spiro atoms. The van der Waals surface area contributed by atoms with Crippen LogP contribution in [0.4, 0.5) is 11.9 Å². The molecule has 0 aliphatic rings. The molecule has 0 amide bonds. The number of hydrogen-bond acceptors (Lipinski definition) is 9. The number of nitrogens with zero attached hydrogens (tertiary/aromatic N) is 5. The molecule has 0 radical (unpaired) electrons. The molecule has 0 bridgehead atoms. The summed E-state index contributed by atoms with van der Waals surface area (Å²) in [6, 6.07) is 3.80. The van der Waals surface area contributed by atoms with Crippen LogP contribution in [0.25, 0.3) is 0 Å². The Bertz CT molecular complexity index is 483. The number of hydrogen-bond donors (Lipinski definition) is 3. The molecule has 2 aromatic rings. The largest absolute Gasteiger partial charge is 0.467 e. The Hall–Kier alpha value is -2.55. The van der Waals surface area contributed by atoms with Crippen molar-refractivity contribution in [2.45, 2.75) is 6.54 Å². The molecule has 18 heavy (non-hydrogen) atoms. The van der Waals surface area contributed by atoms with Gasteiger partial charge in [0.15, 0.2) is 0 Å². The molecule has 94 valence electrons. The van der Waals surface area contributed by atoms with E-state index in [2.05, 4.69) is 35.9 Å². The van der Waals surface area contributed by atoms with Crippen LogP contribution in [0.5, 0.6) is 6.01 Å². The van der Waals surface area contributed by atoms with E-state index >= 15 is 0 Å². The zero-order chi connectivity index (χ0) is 12.8. The number of methoxy groups -OCH3 is 1. The lowest BCUT2D eigenvalue weighted by molar-refractivity contribution is 0.379. The minimum Gasteiger partial charge on any atom is -0.467 e. The van der Waals surface area contributed by atoms with Crippen LogP contribution in [-0.4, -0.2) is 32.3 Å². The van der Waals surface area contributed by atoms with Crippen molar-refractivity contribution in [2.75, 3.05) is 17.9 Å². The van der Waals surface area contributed by atoms with E-state index in [1.165, 1.54) is 7.11 Å². The summed E-state index contributed by atoms with van der Waals surface area (Å²) >= 11 is 0. The standard InChI is InChI=1S/C9H12N8O/c1-18-9-14-7(13-8(15-9)16-10)11-5-6-3-2-4-12-17-6/h2-4H,5,10H2,1H3,(H2,11,13,14,15,16). The first kappa shape index (κ1) is 11.9. The quantitative estimate of drug-likeness (QED) is 0.477. The van der Waals surface area contributed by atoms with Crippen LogP contribution in [0, 0.1) is 0 Å². The van der Waals surface area contributed by atoms with Crippen molar-refractivity contribution in [3.8, 4) is 6.01 Å². The molecule has 2 heterocycles. The van der Waals surface area contributed by atoms with Gasteiger partial charge < -0.3 is 10.1 Å². The summed E-state index contributed by atoms with van der Waals surface area (Å²) in [5, 5.41) is 10.7. The van der Waals surface area contributed by atoms with Crippen molar-refractivity contribution in [3.05, 3.63) is 24.0 Å². The van der Waals surface area contributed by atoms with Crippen molar-refractivity contribution < 1.29 is 4.74 Å². The van der Waals surface area contributed by atoms with Crippen LogP contribution in [0.15, 0.2) is 18.3 Å². The third-order valence-corrected chi connectivity index (χ3v) is 1.98. The highest BCUT2D eigenvalue weighted by molar-refractivity contribution is 5.35. The highest BCUT2D eigenvalue weighted by Gasteiger charge is 2.05. The topological polar surface area (TPSA) is 124 Å². The first-order valence-electron chi connectivity index (χ1n) is 5.09. The second-order valence-corrected chi connectivity index (χ2v) is 3.18. The maximum Gasteiger partial charge on any atom is 0.322 e. The third kappa shape index (κ3) is 2.98. The molecular formula is C9H12N8O. The van der Waals surface area contributed by atoms with Gasteiger partial charge in [-0.25, -0.2) is 5.84 Å². The Kier molecular flexibility index (Phi) is 3.76. The summed E-state index contributed by atoms with van der Waals surface area (Å²) in [6.45, 7) is 0.436. The highest BCUT2D eigenvalue weighted by Crippen LogP contribution is 2.10. The highest BCUT2D eigenvalue weighted by atomic mass is 16.5. The summed E-state index contributed by atoms with van der Waals surface area (Å²) in [5.74, 6) is 5.79. The molecule has 0 atom stereocenters. The van der Waals surface area contributed by atoms with Crippen LogP contribution in [0.1, 0.15) is 5.69 Å². The average Bonchev–Trinajstić information content (AvgIpc) is 2.45. The molecule has 0 aromatic carbocycles. The van der Waals surface area contributed by atoms with Gasteiger partial charge in [-0.2, -0.15) is 25.1 Å². The third-order valence-electron chi connectivity index (χ3n) is 1.98. The second kappa shape index (κ2) is 5.68. The maximum absolute atomic E-state index is 5.24. The van der Waals surface area contributed by atoms with Gasteiger partial charge in [0.1, 0.15) is 0 Å². The second-order valence-electron chi connectivity index (χ2n) is 3.18. The van der Waals surface area contributed by atoms with Gasteiger partial charge in [0.2, 0.25) is 11.9 Å². The van der Waals surface area contributed by atoms with E-state index in [1.807, 2.05) is 6.07 Å². The van der Waals surface area contributed by atoms with Crippen molar-refractivity contribution in [1.82, 2.24) is 25.1 Å². The van der Waals surface area contributed by atoms with Crippen molar-refractivity contribution >= 4 is 11.9 Å². The number of nitrogens with two attached hydrogens (primary N) is 1. The summed E-state index contributed by atoms with van der Waals surface area (Å²) in [4.78, 5) is 11.9. The summed E-state index contributed by atoms with van der Waals surface area (Å²) in [7, 11) is 1.46.